The largest absolute Gasteiger partial charge is 0.0735 e. The van der Waals surface area contributed by atoms with Gasteiger partial charge < -0.3 is 0 Å². The summed E-state index contributed by atoms with van der Waals surface area (Å²) < 4.78 is 0. The van der Waals surface area contributed by atoms with Gasteiger partial charge in [0.15, 0.2) is 0 Å². The quantitative estimate of drug-likeness (QED) is 0.513. The summed E-state index contributed by atoms with van der Waals surface area (Å²) in [4.78, 5) is 0. The molecule has 0 aliphatic heterocycles. The molecule has 0 spiro atoms. The van der Waals surface area contributed by atoms with Gasteiger partial charge in [0.2, 0.25) is 0 Å². The third-order valence-corrected chi connectivity index (χ3v) is 5.73. The smallest absolute Gasteiger partial charge is 0.0110 e. The molecule has 0 nitrogen and oxygen atoms in total. The molecule has 3 aliphatic carbocycles. The van der Waals surface area contributed by atoms with E-state index < -0.39 is 0 Å². The van der Waals surface area contributed by atoms with Gasteiger partial charge in [-0.05, 0) is 61.7 Å². The van der Waals surface area contributed by atoms with Crippen LogP contribution in [-0.2, 0) is 0 Å². The molecule has 0 aromatic carbocycles. The molecule has 15 heavy (non-hydrogen) atoms. The van der Waals surface area contributed by atoms with Crippen molar-refractivity contribution in [1.82, 2.24) is 0 Å². The molecule has 0 radical (unpaired) electrons. The monoisotopic (exact) mass is 204 g/mol. The topological polar surface area (TPSA) is 0 Å². The minimum atomic E-state index is 0.638. The molecule has 0 aromatic heterocycles. The summed E-state index contributed by atoms with van der Waals surface area (Å²) in [6.07, 6.45) is 5.82. The first-order chi connectivity index (χ1) is 7.03. The molecule has 3 rings (SSSR count). The van der Waals surface area contributed by atoms with Crippen LogP contribution in [0.4, 0.5) is 0 Å². The highest BCUT2D eigenvalue weighted by molar-refractivity contribution is 5.34. The summed E-state index contributed by atoms with van der Waals surface area (Å²) in [7, 11) is 0. The van der Waals surface area contributed by atoms with Crippen LogP contribution in [0.5, 0.6) is 0 Å². The van der Waals surface area contributed by atoms with Crippen molar-refractivity contribution in [3.8, 4) is 0 Å². The summed E-state index contributed by atoms with van der Waals surface area (Å²) in [5.41, 5.74) is 4.31. The maximum atomic E-state index is 2.49. The Morgan fingerprint density at radius 2 is 1.87 bits per heavy atom. The van der Waals surface area contributed by atoms with Gasteiger partial charge in [-0.1, -0.05) is 31.9 Å². The first kappa shape index (κ1) is 9.93. The molecule has 3 aliphatic rings. The fraction of sp³-hybridized carbons (Fsp3) is 0.867. The molecule has 2 fully saturated rings. The highest BCUT2D eigenvalue weighted by Gasteiger charge is 2.61. The van der Waals surface area contributed by atoms with Crippen molar-refractivity contribution in [2.24, 2.45) is 29.1 Å². The highest BCUT2D eigenvalue weighted by Crippen LogP contribution is 2.69. The molecule has 0 N–H and O–H groups in total. The SMILES string of the molecule is CC1=C2C(CC1)[C@@H](C)CC[C@H]1[C@@H]2C1(C)C. The van der Waals surface area contributed by atoms with Crippen LogP contribution in [0, 0.1) is 29.1 Å². The highest BCUT2D eigenvalue weighted by atomic mass is 14.7. The Balaban J connectivity index is 2.00. The standard InChI is InChI=1S/C15H24/c1-9-6-8-12-14(15(12,3)4)13-10(2)5-7-11(9)13/h9,11-12,14H,5-8H2,1-4H3/t9-,11?,12-,14-/m0/s1. The van der Waals surface area contributed by atoms with Gasteiger partial charge in [0.05, 0.1) is 0 Å². The van der Waals surface area contributed by atoms with Crippen LogP contribution in [-0.4, -0.2) is 0 Å². The van der Waals surface area contributed by atoms with E-state index in [9.17, 15) is 0 Å². The van der Waals surface area contributed by atoms with Crippen molar-refractivity contribution in [2.45, 2.75) is 53.4 Å². The van der Waals surface area contributed by atoms with E-state index in [1.165, 1.54) is 25.7 Å². The van der Waals surface area contributed by atoms with E-state index in [1.807, 2.05) is 5.57 Å². The third kappa shape index (κ3) is 1.20. The molecule has 0 saturated heterocycles. The predicted molar refractivity (Wildman–Crippen MR) is 64.6 cm³/mol. The molecule has 0 amide bonds. The lowest BCUT2D eigenvalue weighted by molar-refractivity contribution is 0.351. The second-order valence-electron chi connectivity index (χ2n) is 6.84. The summed E-state index contributed by atoms with van der Waals surface area (Å²) in [6.45, 7) is 9.88. The van der Waals surface area contributed by atoms with Crippen LogP contribution in [0.3, 0.4) is 0 Å². The summed E-state index contributed by atoms with van der Waals surface area (Å²) >= 11 is 0. The second-order valence-corrected chi connectivity index (χ2v) is 6.84. The molecule has 0 bridgehead atoms. The van der Waals surface area contributed by atoms with Gasteiger partial charge in [0.25, 0.3) is 0 Å². The van der Waals surface area contributed by atoms with Crippen molar-refractivity contribution >= 4 is 0 Å². The average molecular weight is 204 g/mol. The van der Waals surface area contributed by atoms with Crippen LogP contribution in [0.25, 0.3) is 0 Å². The van der Waals surface area contributed by atoms with Crippen molar-refractivity contribution in [2.75, 3.05) is 0 Å². The maximum Gasteiger partial charge on any atom is -0.0110 e. The fourth-order valence-electron chi connectivity index (χ4n) is 4.62. The zero-order valence-corrected chi connectivity index (χ0v) is 10.6. The number of hydrogen-bond donors (Lipinski definition) is 0. The van der Waals surface area contributed by atoms with E-state index in [0.717, 1.165) is 23.7 Å². The Morgan fingerprint density at radius 3 is 2.60 bits per heavy atom. The minimum absolute atomic E-state index is 0.638. The first-order valence-corrected chi connectivity index (χ1v) is 6.73. The predicted octanol–water partition coefficient (Wildman–Crippen LogP) is 4.42. The van der Waals surface area contributed by atoms with E-state index in [0.29, 0.717) is 5.41 Å². The lowest BCUT2D eigenvalue weighted by Crippen LogP contribution is -2.13. The van der Waals surface area contributed by atoms with Crippen LogP contribution < -0.4 is 0 Å². The Kier molecular flexibility index (Phi) is 1.92. The zero-order valence-electron chi connectivity index (χ0n) is 10.6. The number of allylic oxidation sites excluding steroid dienone is 2. The van der Waals surface area contributed by atoms with Gasteiger partial charge in [0.1, 0.15) is 0 Å². The van der Waals surface area contributed by atoms with Crippen molar-refractivity contribution < 1.29 is 0 Å². The summed E-state index contributed by atoms with van der Waals surface area (Å²) in [5, 5.41) is 0. The first-order valence-electron chi connectivity index (χ1n) is 6.73. The molecule has 2 saturated carbocycles. The van der Waals surface area contributed by atoms with Crippen LogP contribution in [0.2, 0.25) is 0 Å². The number of hydrogen-bond acceptors (Lipinski definition) is 0. The fourth-order valence-corrected chi connectivity index (χ4v) is 4.62. The van der Waals surface area contributed by atoms with Crippen LogP contribution in [0.15, 0.2) is 11.1 Å². The van der Waals surface area contributed by atoms with Gasteiger partial charge in [-0.3, -0.25) is 0 Å². The Hall–Kier alpha value is -0.260. The molecular formula is C15H24. The Morgan fingerprint density at radius 1 is 1.13 bits per heavy atom. The summed E-state index contributed by atoms with van der Waals surface area (Å²) in [6, 6.07) is 0. The molecule has 84 valence electrons. The van der Waals surface area contributed by atoms with E-state index >= 15 is 0 Å². The minimum Gasteiger partial charge on any atom is -0.0735 e. The van der Waals surface area contributed by atoms with Gasteiger partial charge in [-0.2, -0.15) is 0 Å². The maximum absolute atomic E-state index is 2.49. The van der Waals surface area contributed by atoms with Gasteiger partial charge >= 0.3 is 0 Å². The second kappa shape index (κ2) is 2.90. The lowest BCUT2D eigenvalue weighted by atomic mass is 9.82. The number of rotatable bonds is 0. The van der Waals surface area contributed by atoms with Crippen LogP contribution in [0.1, 0.15) is 53.4 Å². The molecule has 4 atom stereocenters. The van der Waals surface area contributed by atoms with Crippen molar-refractivity contribution in [1.29, 1.82) is 0 Å². The average Bonchev–Trinajstić information content (AvgIpc) is 2.55. The van der Waals surface area contributed by atoms with Crippen LogP contribution >= 0.6 is 0 Å². The third-order valence-electron chi connectivity index (χ3n) is 5.73. The molecular weight excluding hydrogens is 180 g/mol. The van der Waals surface area contributed by atoms with Gasteiger partial charge in [-0.25, -0.2) is 0 Å². The van der Waals surface area contributed by atoms with Gasteiger partial charge in [0, 0.05) is 0 Å². The molecule has 0 heterocycles. The normalized spacial score (nSPS) is 47.2. The van der Waals surface area contributed by atoms with Crippen molar-refractivity contribution in [3.05, 3.63) is 11.1 Å². The van der Waals surface area contributed by atoms with Gasteiger partial charge in [-0.15, -0.1) is 0 Å². The summed E-state index contributed by atoms with van der Waals surface area (Å²) in [5.74, 6) is 3.91. The molecule has 0 aromatic rings. The Bertz CT molecular complexity index is 321. The molecule has 1 unspecified atom stereocenters. The number of fused-ring (bicyclic) bond motifs is 3. The Labute approximate surface area is 94.1 Å². The lowest BCUT2D eigenvalue weighted by Gasteiger charge is -2.23. The van der Waals surface area contributed by atoms with E-state index in [1.54, 1.807) is 5.57 Å². The van der Waals surface area contributed by atoms with E-state index in [-0.39, 0.29) is 0 Å². The van der Waals surface area contributed by atoms with E-state index in [2.05, 4.69) is 27.7 Å². The molecule has 0 heteroatoms. The zero-order chi connectivity index (χ0) is 10.8. The van der Waals surface area contributed by atoms with E-state index in [4.69, 9.17) is 0 Å². The van der Waals surface area contributed by atoms with Crippen molar-refractivity contribution in [3.63, 3.8) is 0 Å².